The molecule has 1 amide bonds. The first kappa shape index (κ1) is 23.4. The van der Waals surface area contributed by atoms with E-state index >= 15 is 0 Å². The van der Waals surface area contributed by atoms with Crippen molar-refractivity contribution < 1.29 is 9.90 Å². The topological polar surface area (TPSA) is 116 Å². The fourth-order valence-electron chi connectivity index (χ4n) is 5.06. The van der Waals surface area contributed by atoms with Crippen LogP contribution >= 0.6 is 0 Å². The van der Waals surface area contributed by atoms with Crippen molar-refractivity contribution in [2.24, 2.45) is 7.05 Å². The minimum absolute atomic E-state index is 0.0211. The van der Waals surface area contributed by atoms with E-state index < -0.39 is 6.09 Å². The number of amides is 1. The van der Waals surface area contributed by atoms with Crippen molar-refractivity contribution in [3.05, 3.63) is 54.7 Å². The van der Waals surface area contributed by atoms with Crippen molar-refractivity contribution in [3.8, 4) is 28.3 Å². The Labute approximate surface area is 209 Å². The summed E-state index contributed by atoms with van der Waals surface area (Å²) in [7, 11) is 1.87. The molecule has 0 saturated carbocycles. The third-order valence-corrected chi connectivity index (χ3v) is 6.79. The van der Waals surface area contributed by atoms with Crippen LogP contribution in [0.2, 0.25) is 0 Å². The van der Waals surface area contributed by atoms with E-state index in [9.17, 15) is 15.2 Å². The molecule has 0 bridgehead atoms. The first-order valence-electron chi connectivity index (χ1n) is 12.0. The Balaban J connectivity index is 1.42. The Morgan fingerprint density at radius 2 is 1.89 bits per heavy atom. The molecule has 1 aliphatic rings. The molecule has 10 nitrogen and oxygen atoms in total. The fraction of sp³-hybridized carbons (Fsp3) is 0.346. The second-order valence-electron chi connectivity index (χ2n) is 9.42. The average molecular weight is 485 g/mol. The zero-order chi connectivity index (χ0) is 25.4. The molecule has 10 heteroatoms. The van der Waals surface area contributed by atoms with Gasteiger partial charge < -0.3 is 14.9 Å². The molecule has 36 heavy (non-hydrogen) atoms. The van der Waals surface area contributed by atoms with Gasteiger partial charge in [-0.15, -0.1) is 0 Å². The van der Waals surface area contributed by atoms with Crippen molar-refractivity contribution in [1.82, 2.24) is 29.3 Å². The molecular formula is C26H28N8O2. The number of anilines is 1. The lowest BCUT2D eigenvalue weighted by Crippen LogP contribution is -2.50. The number of carbonyl (C=O) groups is 1. The number of rotatable bonds is 5. The molecule has 184 valence electrons. The average Bonchev–Trinajstić information content (AvgIpc) is 3.49. The zero-order valence-corrected chi connectivity index (χ0v) is 20.5. The molecule has 4 aromatic rings. The van der Waals surface area contributed by atoms with Gasteiger partial charge in [0.1, 0.15) is 11.9 Å². The third kappa shape index (κ3) is 4.24. The smallest absolute Gasteiger partial charge is 0.407 e. The van der Waals surface area contributed by atoms with Crippen molar-refractivity contribution in [3.63, 3.8) is 0 Å². The molecule has 1 aliphatic heterocycles. The summed E-state index contributed by atoms with van der Waals surface area (Å²) in [5.74, 6) is 0.858. The Bertz CT molecular complexity index is 1440. The molecular weight excluding hydrogens is 456 g/mol. The van der Waals surface area contributed by atoms with Crippen LogP contribution in [0.25, 0.3) is 27.8 Å². The molecule has 0 spiro atoms. The molecule has 0 unspecified atom stereocenters. The number of nitriles is 1. The van der Waals surface area contributed by atoms with E-state index in [0.29, 0.717) is 5.56 Å². The van der Waals surface area contributed by atoms with E-state index in [-0.39, 0.29) is 12.1 Å². The highest BCUT2D eigenvalue weighted by atomic mass is 16.4. The normalized spacial score (nSPS) is 14.4. The Hall–Kier alpha value is -4.39. The zero-order valence-electron chi connectivity index (χ0n) is 20.5. The van der Waals surface area contributed by atoms with Crippen molar-refractivity contribution in [2.75, 3.05) is 18.0 Å². The first-order valence-corrected chi connectivity index (χ1v) is 12.0. The SMILES string of the molecule is CC(C)N(C(=O)O)C1CCN(c2ccc(-c3cc(-c4cnn(C)c4)cn4ncc(C#N)c34)cn2)CC1. The molecule has 0 aliphatic carbocycles. The molecule has 0 atom stereocenters. The largest absolute Gasteiger partial charge is 0.465 e. The summed E-state index contributed by atoms with van der Waals surface area (Å²) in [6.45, 7) is 5.32. The number of nitrogens with zero attached hydrogens (tertiary/aromatic N) is 8. The number of pyridine rings is 2. The Morgan fingerprint density at radius 1 is 1.11 bits per heavy atom. The predicted octanol–water partition coefficient (Wildman–Crippen LogP) is 4.03. The molecule has 5 rings (SSSR count). The van der Waals surface area contributed by atoms with E-state index in [0.717, 1.165) is 59.5 Å². The van der Waals surface area contributed by atoms with Gasteiger partial charge >= 0.3 is 6.09 Å². The highest BCUT2D eigenvalue weighted by Gasteiger charge is 2.30. The predicted molar refractivity (Wildman–Crippen MR) is 136 cm³/mol. The van der Waals surface area contributed by atoms with Gasteiger partial charge in [0.25, 0.3) is 0 Å². The number of piperidine rings is 1. The molecule has 1 fully saturated rings. The van der Waals surface area contributed by atoms with Crippen LogP contribution in [-0.2, 0) is 7.05 Å². The summed E-state index contributed by atoms with van der Waals surface area (Å²) < 4.78 is 3.48. The number of fused-ring (bicyclic) bond motifs is 1. The van der Waals surface area contributed by atoms with Crippen LogP contribution in [0.15, 0.2) is 49.2 Å². The third-order valence-electron chi connectivity index (χ3n) is 6.79. The summed E-state index contributed by atoms with van der Waals surface area (Å²) in [6, 6.07) is 8.27. The van der Waals surface area contributed by atoms with Gasteiger partial charge in [-0.2, -0.15) is 15.5 Å². The van der Waals surface area contributed by atoms with Crippen LogP contribution in [0.5, 0.6) is 0 Å². The summed E-state index contributed by atoms with van der Waals surface area (Å²) in [5, 5.41) is 27.9. The lowest BCUT2D eigenvalue weighted by Gasteiger charge is -2.39. The highest BCUT2D eigenvalue weighted by Crippen LogP contribution is 2.32. The minimum atomic E-state index is -0.859. The van der Waals surface area contributed by atoms with E-state index in [2.05, 4.69) is 21.2 Å². The first-order chi connectivity index (χ1) is 17.4. The van der Waals surface area contributed by atoms with E-state index in [1.54, 1.807) is 26.5 Å². The maximum atomic E-state index is 11.7. The number of hydrogen-bond acceptors (Lipinski definition) is 6. The molecule has 1 N–H and O–H groups in total. The summed E-state index contributed by atoms with van der Waals surface area (Å²) >= 11 is 0. The van der Waals surface area contributed by atoms with Gasteiger partial charge in [0.2, 0.25) is 0 Å². The number of hydrogen-bond donors (Lipinski definition) is 1. The number of carboxylic acid groups (broad SMARTS) is 1. The van der Waals surface area contributed by atoms with Gasteiger partial charge in [-0.25, -0.2) is 14.3 Å². The summed E-state index contributed by atoms with van der Waals surface area (Å²) in [6.07, 6.45) is 9.73. The Kier molecular flexibility index (Phi) is 6.06. The summed E-state index contributed by atoms with van der Waals surface area (Å²) in [4.78, 5) is 20.2. The lowest BCUT2D eigenvalue weighted by atomic mass is 10.0. The molecule has 0 aromatic carbocycles. The van der Waals surface area contributed by atoms with Gasteiger partial charge in [0.05, 0.1) is 23.5 Å². The highest BCUT2D eigenvalue weighted by molar-refractivity contribution is 5.87. The maximum absolute atomic E-state index is 11.7. The minimum Gasteiger partial charge on any atom is -0.465 e. The molecule has 1 saturated heterocycles. The van der Waals surface area contributed by atoms with Crippen LogP contribution in [0, 0.1) is 11.3 Å². The number of aryl methyl sites for hydroxylation is 1. The molecule has 5 heterocycles. The van der Waals surface area contributed by atoms with Gasteiger partial charge in [0, 0.05) is 73.1 Å². The second kappa shape index (κ2) is 9.34. The van der Waals surface area contributed by atoms with Crippen LogP contribution < -0.4 is 4.90 Å². The van der Waals surface area contributed by atoms with E-state index in [1.807, 2.05) is 57.7 Å². The quantitative estimate of drug-likeness (QED) is 0.455. The fourth-order valence-corrected chi connectivity index (χ4v) is 5.06. The van der Waals surface area contributed by atoms with Gasteiger partial charge in [-0.3, -0.25) is 4.68 Å². The van der Waals surface area contributed by atoms with Gasteiger partial charge in [-0.1, -0.05) is 0 Å². The van der Waals surface area contributed by atoms with Crippen LogP contribution in [0.3, 0.4) is 0 Å². The van der Waals surface area contributed by atoms with Crippen LogP contribution in [0.4, 0.5) is 10.6 Å². The maximum Gasteiger partial charge on any atom is 0.407 e. The van der Waals surface area contributed by atoms with Gasteiger partial charge in [0.15, 0.2) is 0 Å². The van der Waals surface area contributed by atoms with Crippen molar-refractivity contribution in [1.29, 1.82) is 5.26 Å². The molecule has 4 aromatic heterocycles. The van der Waals surface area contributed by atoms with E-state index in [4.69, 9.17) is 4.98 Å². The van der Waals surface area contributed by atoms with E-state index in [1.165, 1.54) is 0 Å². The van der Waals surface area contributed by atoms with Crippen LogP contribution in [0.1, 0.15) is 32.3 Å². The number of aromatic nitrogens is 5. The molecule has 0 radical (unpaired) electrons. The Morgan fingerprint density at radius 3 is 2.47 bits per heavy atom. The monoisotopic (exact) mass is 484 g/mol. The van der Waals surface area contributed by atoms with Crippen molar-refractivity contribution in [2.45, 2.75) is 38.8 Å². The van der Waals surface area contributed by atoms with Gasteiger partial charge in [-0.05, 0) is 44.9 Å². The van der Waals surface area contributed by atoms with Crippen molar-refractivity contribution >= 4 is 17.4 Å². The summed E-state index contributed by atoms with van der Waals surface area (Å²) in [5.41, 5.74) is 4.90. The second-order valence-corrected chi connectivity index (χ2v) is 9.42. The standard InChI is InChI=1S/C26H28N8O2/c1-17(2)34(26(35)36)22-6-8-32(9-7-22)24-5-4-18(12-28-24)23-10-19(21-14-29-31(3)15-21)16-33-25(23)20(11-27)13-30-33/h4-5,10,12-17,22H,6-9H2,1-3H3,(H,35,36). The van der Waals surface area contributed by atoms with Crippen LogP contribution in [-0.4, -0.2) is 65.7 Å². The lowest BCUT2D eigenvalue weighted by molar-refractivity contribution is 0.0980.